The third-order valence-corrected chi connectivity index (χ3v) is 3.48. The zero-order valence-electron chi connectivity index (χ0n) is 11.7. The van der Waals surface area contributed by atoms with Crippen molar-refractivity contribution in [3.63, 3.8) is 0 Å². The monoisotopic (exact) mass is 364 g/mol. The van der Waals surface area contributed by atoms with Gasteiger partial charge in [-0.3, -0.25) is 14.9 Å². The molecule has 6 nitrogen and oxygen atoms in total. The molecule has 0 aromatic heterocycles. The second kappa shape index (κ2) is 7.04. The Bertz CT molecular complexity index is 701. The highest BCUT2D eigenvalue weighted by molar-refractivity contribution is 9.10. The van der Waals surface area contributed by atoms with Gasteiger partial charge in [0, 0.05) is 4.47 Å². The number of rotatable bonds is 5. The van der Waals surface area contributed by atoms with Crippen LogP contribution in [0, 0.1) is 10.1 Å². The maximum atomic E-state index is 12.0. The molecule has 0 aliphatic carbocycles. The van der Waals surface area contributed by atoms with Gasteiger partial charge in [-0.05, 0) is 29.8 Å². The number of anilines is 1. The Morgan fingerprint density at radius 2 is 1.95 bits per heavy atom. The molecule has 0 radical (unpaired) electrons. The van der Waals surface area contributed by atoms with Gasteiger partial charge in [0.1, 0.15) is 11.4 Å². The van der Waals surface area contributed by atoms with E-state index in [-0.39, 0.29) is 23.7 Å². The minimum atomic E-state index is -0.558. The van der Waals surface area contributed by atoms with Gasteiger partial charge >= 0.3 is 0 Å². The summed E-state index contributed by atoms with van der Waals surface area (Å²) < 4.78 is 5.87. The number of ether oxygens (including phenoxy) is 1. The van der Waals surface area contributed by atoms with Crippen LogP contribution in [0.1, 0.15) is 5.56 Å². The Hall–Kier alpha value is -2.41. The van der Waals surface area contributed by atoms with Gasteiger partial charge in [0.25, 0.3) is 5.69 Å². The van der Waals surface area contributed by atoms with Crippen molar-refractivity contribution >= 4 is 33.2 Å². The first kappa shape index (κ1) is 16.0. The Labute approximate surface area is 135 Å². The molecule has 2 rings (SSSR count). The zero-order chi connectivity index (χ0) is 16.1. The van der Waals surface area contributed by atoms with Gasteiger partial charge in [-0.2, -0.15) is 0 Å². The zero-order valence-corrected chi connectivity index (χ0v) is 13.3. The number of benzene rings is 2. The lowest BCUT2D eigenvalue weighted by Gasteiger charge is -2.07. The van der Waals surface area contributed by atoms with Crippen LogP contribution in [0.5, 0.6) is 5.75 Å². The second-order valence-electron chi connectivity index (χ2n) is 4.49. The fraction of sp³-hybridized carbons (Fsp3) is 0.133. The van der Waals surface area contributed by atoms with Crippen LogP contribution in [-0.2, 0) is 11.2 Å². The Morgan fingerprint density at radius 1 is 1.27 bits per heavy atom. The number of amides is 1. The van der Waals surface area contributed by atoms with Gasteiger partial charge < -0.3 is 10.1 Å². The average Bonchev–Trinajstić information content (AvgIpc) is 2.49. The van der Waals surface area contributed by atoms with Gasteiger partial charge in [0.15, 0.2) is 0 Å². The van der Waals surface area contributed by atoms with E-state index in [0.29, 0.717) is 5.75 Å². The molecule has 0 unspecified atom stereocenters. The number of nitrogens with one attached hydrogen (secondary N) is 1. The van der Waals surface area contributed by atoms with Crippen molar-refractivity contribution in [3.8, 4) is 5.75 Å². The number of hydrogen-bond acceptors (Lipinski definition) is 4. The predicted octanol–water partition coefficient (Wildman–Crippen LogP) is 3.55. The highest BCUT2D eigenvalue weighted by Crippen LogP contribution is 2.29. The number of methoxy groups -OCH3 is 1. The first-order valence-electron chi connectivity index (χ1n) is 6.36. The third kappa shape index (κ3) is 4.05. The van der Waals surface area contributed by atoms with E-state index in [2.05, 4.69) is 21.2 Å². The number of carbonyl (C=O) groups is 1. The van der Waals surface area contributed by atoms with Crippen molar-refractivity contribution in [1.82, 2.24) is 0 Å². The first-order chi connectivity index (χ1) is 10.5. The van der Waals surface area contributed by atoms with Crippen molar-refractivity contribution in [2.75, 3.05) is 12.4 Å². The molecule has 0 bridgehead atoms. The smallest absolute Gasteiger partial charge is 0.296 e. The predicted molar refractivity (Wildman–Crippen MR) is 86.1 cm³/mol. The van der Waals surface area contributed by atoms with E-state index >= 15 is 0 Å². The van der Waals surface area contributed by atoms with Crippen LogP contribution < -0.4 is 10.1 Å². The molecule has 0 aliphatic rings. The standard InChI is InChI=1S/C15H13BrN2O4/c1-22-12-6-7-13(14(9-12)18(20)21)17-15(19)8-10-2-4-11(16)5-3-10/h2-7,9H,8H2,1H3,(H,17,19). The van der Waals surface area contributed by atoms with E-state index in [1.165, 1.54) is 19.2 Å². The Morgan fingerprint density at radius 3 is 2.55 bits per heavy atom. The summed E-state index contributed by atoms with van der Waals surface area (Å²) in [4.78, 5) is 22.5. The van der Waals surface area contributed by atoms with E-state index in [9.17, 15) is 14.9 Å². The van der Waals surface area contributed by atoms with E-state index < -0.39 is 4.92 Å². The molecule has 22 heavy (non-hydrogen) atoms. The molecule has 114 valence electrons. The summed E-state index contributed by atoms with van der Waals surface area (Å²) in [6.07, 6.45) is 0.135. The molecule has 0 saturated heterocycles. The van der Waals surface area contributed by atoms with Crippen molar-refractivity contribution in [3.05, 3.63) is 62.6 Å². The summed E-state index contributed by atoms with van der Waals surface area (Å²) in [6, 6.07) is 11.6. The molecule has 0 atom stereocenters. The van der Waals surface area contributed by atoms with Crippen LogP contribution in [0.2, 0.25) is 0 Å². The topological polar surface area (TPSA) is 81.5 Å². The van der Waals surface area contributed by atoms with Crippen LogP contribution in [0.25, 0.3) is 0 Å². The number of nitrogens with zero attached hydrogens (tertiary/aromatic N) is 1. The second-order valence-corrected chi connectivity index (χ2v) is 5.41. The van der Waals surface area contributed by atoms with Gasteiger partial charge in [-0.25, -0.2) is 0 Å². The molecule has 0 heterocycles. The van der Waals surface area contributed by atoms with E-state index in [1.807, 2.05) is 24.3 Å². The molecule has 0 spiro atoms. The first-order valence-corrected chi connectivity index (χ1v) is 7.15. The van der Waals surface area contributed by atoms with Gasteiger partial charge in [0.05, 0.1) is 24.5 Å². The van der Waals surface area contributed by atoms with E-state index in [0.717, 1.165) is 10.0 Å². The lowest BCUT2D eigenvalue weighted by atomic mass is 10.1. The van der Waals surface area contributed by atoms with Gasteiger partial charge in [-0.1, -0.05) is 28.1 Å². The number of halogens is 1. The van der Waals surface area contributed by atoms with Crippen LogP contribution in [-0.4, -0.2) is 17.9 Å². The molecule has 1 N–H and O–H groups in total. The third-order valence-electron chi connectivity index (χ3n) is 2.95. The maximum Gasteiger partial charge on any atom is 0.296 e. The molecular weight excluding hydrogens is 352 g/mol. The van der Waals surface area contributed by atoms with Crippen molar-refractivity contribution in [1.29, 1.82) is 0 Å². The largest absolute Gasteiger partial charge is 0.496 e. The normalized spacial score (nSPS) is 10.1. The average molecular weight is 365 g/mol. The van der Waals surface area contributed by atoms with Crippen LogP contribution in [0.4, 0.5) is 11.4 Å². The minimum absolute atomic E-state index is 0.135. The molecule has 2 aromatic carbocycles. The Balaban J connectivity index is 2.14. The summed E-state index contributed by atoms with van der Waals surface area (Å²) in [5.41, 5.74) is 0.758. The van der Waals surface area contributed by atoms with Gasteiger partial charge in [0.2, 0.25) is 5.91 Å². The quantitative estimate of drug-likeness (QED) is 0.649. The molecule has 0 saturated carbocycles. The minimum Gasteiger partial charge on any atom is -0.496 e. The van der Waals surface area contributed by atoms with Crippen molar-refractivity contribution < 1.29 is 14.5 Å². The van der Waals surface area contributed by atoms with E-state index in [4.69, 9.17) is 4.74 Å². The molecule has 7 heteroatoms. The highest BCUT2D eigenvalue weighted by atomic mass is 79.9. The Kier molecular flexibility index (Phi) is 5.11. The summed E-state index contributed by atoms with van der Waals surface area (Å²) in [6.45, 7) is 0. The van der Waals surface area contributed by atoms with Crippen molar-refractivity contribution in [2.24, 2.45) is 0 Å². The molecule has 2 aromatic rings. The lowest BCUT2D eigenvalue weighted by molar-refractivity contribution is -0.384. The SMILES string of the molecule is COc1ccc(NC(=O)Cc2ccc(Br)cc2)c([N+](=O)[O-])c1. The molecular formula is C15H13BrN2O4. The van der Waals surface area contributed by atoms with E-state index in [1.54, 1.807) is 6.07 Å². The fourth-order valence-corrected chi connectivity index (χ4v) is 2.14. The van der Waals surface area contributed by atoms with Crippen molar-refractivity contribution in [2.45, 2.75) is 6.42 Å². The fourth-order valence-electron chi connectivity index (χ4n) is 1.88. The maximum absolute atomic E-state index is 12.0. The number of carbonyl (C=O) groups excluding carboxylic acids is 1. The summed E-state index contributed by atoms with van der Waals surface area (Å²) in [5.74, 6) is 0.0354. The molecule has 0 fully saturated rings. The van der Waals surface area contributed by atoms with Crippen LogP contribution in [0.15, 0.2) is 46.9 Å². The number of hydrogen-bond donors (Lipinski definition) is 1. The van der Waals surface area contributed by atoms with Crippen LogP contribution >= 0.6 is 15.9 Å². The summed E-state index contributed by atoms with van der Waals surface area (Å²) in [5, 5.41) is 13.6. The van der Waals surface area contributed by atoms with Crippen LogP contribution in [0.3, 0.4) is 0 Å². The lowest BCUT2D eigenvalue weighted by Crippen LogP contribution is -2.15. The van der Waals surface area contributed by atoms with Gasteiger partial charge in [-0.15, -0.1) is 0 Å². The number of nitro groups is 1. The molecule has 1 amide bonds. The summed E-state index contributed by atoms with van der Waals surface area (Å²) in [7, 11) is 1.42. The summed E-state index contributed by atoms with van der Waals surface area (Å²) >= 11 is 3.32. The highest BCUT2D eigenvalue weighted by Gasteiger charge is 2.17. The molecule has 0 aliphatic heterocycles. The number of nitro benzene ring substituents is 1.